The van der Waals surface area contributed by atoms with E-state index < -0.39 is 0 Å². The average Bonchev–Trinajstić information content (AvgIpc) is 3.18. The summed E-state index contributed by atoms with van der Waals surface area (Å²) in [5.74, 6) is 0. The molecule has 2 heterocycles. The Balaban J connectivity index is 1.55. The van der Waals surface area contributed by atoms with Crippen molar-refractivity contribution in [2.45, 2.75) is 31.9 Å². The van der Waals surface area contributed by atoms with Crippen LogP contribution in [0.1, 0.15) is 25.5 Å². The predicted octanol–water partition coefficient (Wildman–Crippen LogP) is 4.27. The van der Waals surface area contributed by atoms with Crippen LogP contribution in [0.4, 0.5) is 0 Å². The molecule has 0 amide bonds. The van der Waals surface area contributed by atoms with Crippen molar-refractivity contribution >= 4 is 10.8 Å². The van der Waals surface area contributed by atoms with Crippen LogP contribution in [0.15, 0.2) is 79.1 Å². The molecule has 27 heavy (non-hydrogen) atoms. The van der Waals surface area contributed by atoms with Crippen molar-refractivity contribution in [1.29, 1.82) is 0 Å². The van der Waals surface area contributed by atoms with Crippen LogP contribution in [0.25, 0.3) is 16.5 Å². The van der Waals surface area contributed by atoms with Gasteiger partial charge in [0.25, 0.3) is 0 Å². The first-order chi connectivity index (χ1) is 13.1. The van der Waals surface area contributed by atoms with E-state index in [9.17, 15) is 0 Å². The van der Waals surface area contributed by atoms with Gasteiger partial charge in [0, 0.05) is 6.42 Å². The maximum atomic E-state index is 6.22. The zero-order valence-corrected chi connectivity index (χ0v) is 15.5. The molecule has 0 N–H and O–H groups in total. The summed E-state index contributed by atoms with van der Waals surface area (Å²) in [5, 5.41) is 7.25. The molecule has 0 radical (unpaired) electrons. The minimum Gasteiger partial charge on any atom is -0.429 e. The zero-order valence-electron chi connectivity index (χ0n) is 15.5. The first-order valence-electron chi connectivity index (χ1n) is 9.34. The molecule has 4 nitrogen and oxygen atoms in total. The first kappa shape index (κ1) is 16.1. The number of rotatable bonds is 3. The van der Waals surface area contributed by atoms with Crippen LogP contribution in [0.2, 0.25) is 0 Å². The van der Waals surface area contributed by atoms with E-state index in [1.807, 2.05) is 35.0 Å². The van der Waals surface area contributed by atoms with Crippen LogP contribution in [0, 0.1) is 0 Å². The Kier molecular flexibility index (Phi) is 3.54. The van der Waals surface area contributed by atoms with Crippen LogP contribution in [0.3, 0.4) is 0 Å². The molecule has 1 atom stereocenters. The standard InChI is InChI=1S/C23H22N3O/c1-23(2)21(15-18-11-8-10-17-9-6-7-14-20(17)18)25-16-26(24-22(25)27-23)19-12-4-3-5-13-19/h3-14,16,21H,15H2,1-2H3/q+1/t21-/m1/s1. The van der Waals surface area contributed by atoms with Gasteiger partial charge in [0.15, 0.2) is 0 Å². The van der Waals surface area contributed by atoms with E-state index in [0.717, 1.165) is 12.1 Å². The summed E-state index contributed by atoms with van der Waals surface area (Å²) in [4.78, 5) is 0. The Hall–Kier alpha value is -3.14. The lowest BCUT2D eigenvalue weighted by Gasteiger charge is -2.24. The zero-order chi connectivity index (χ0) is 18.4. The third-order valence-corrected chi connectivity index (χ3v) is 5.45. The van der Waals surface area contributed by atoms with Crippen molar-refractivity contribution in [3.05, 3.63) is 84.7 Å². The summed E-state index contributed by atoms with van der Waals surface area (Å²) in [6.45, 7) is 4.29. The molecule has 1 aliphatic rings. The first-order valence-corrected chi connectivity index (χ1v) is 9.34. The molecule has 4 heteroatoms. The quantitative estimate of drug-likeness (QED) is 0.513. The van der Waals surface area contributed by atoms with Gasteiger partial charge in [-0.15, -0.1) is 0 Å². The summed E-state index contributed by atoms with van der Waals surface area (Å²) in [6, 6.07) is 26.1. The van der Waals surface area contributed by atoms with Crippen molar-refractivity contribution in [3.63, 3.8) is 0 Å². The van der Waals surface area contributed by atoms with Crippen molar-refractivity contribution in [1.82, 2.24) is 9.78 Å². The number of nitrogens with zero attached hydrogens (tertiary/aromatic N) is 3. The number of hydrogen-bond acceptors (Lipinski definition) is 2. The summed E-state index contributed by atoms with van der Waals surface area (Å²) >= 11 is 0. The second-order valence-electron chi connectivity index (χ2n) is 7.65. The fourth-order valence-corrected chi connectivity index (χ4v) is 3.99. The molecule has 1 aliphatic heterocycles. The Morgan fingerprint density at radius 3 is 2.56 bits per heavy atom. The number of benzene rings is 3. The molecule has 5 rings (SSSR count). The molecule has 0 fully saturated rings. The highest BCUT2D eigenvalue weighted by Crippen LogP contribution is 2.34. The summed E-state index contributed by atoms with van der Waals surface area (Å²) in [6.07, 6.45) is 2.95. The van der Waals surface area contributed by atoms with Gasteiger partial charge in [-0.2, -0.15) is 4.57 Å². The largest absolute Gasteiger partial charge is 0.469 e. The van der Waals surface area contributed by atoms with Crippen LogP contribution < -0.4 is 9.30 Å². The second-order valence-corrected chi connectivity index (χ2v) is 7.65. The van der Waals surface area contributed by atoms with Gasteiger partial charge in [-0.25, -0.2) is 0 Å². The van der Waals surface area contributed by atoms with Crippen LogP contribution in [-0.2, 0) is 6.42 Å². The molecule has 0 bridgehead atoms. The number of aromatic nitrogens is 3. The molecule has 4 aromatic rings. The number of para-hydroxylation sites is 1. The monoisotopic (exact) mass is 356 g/mol. The normalized spacial score (nSPS) is 17.6. The lowest BCUT2D eigenvalue weighted by Crippen LogP contribution is -2.45. The number of fused-ring (bicyclic) bond motifs is 2. The van der Waals surface area contributed by atoms with E-state index in [0.29, 0.717) is 6.01 Å². The Morgan fingerprint density at radius 1 is 0.963 bits per heavy atom. The Morgan fingerprint density at radius 2 is 1.70 bits per heavy atom. The van der Waals surface area contributed by atoms with E-state index in [-0.39, 0.29) is 11.6 Å². The van der Waals surface area contributed by atoms with Crippen LogP contribution in [0.5, 0.6) is 6.01 Å². The van der Waals surface area contributed by atoms with Gasteiger partial charge in [0.2, 0.25) is 6.33 Å². The van der Waals surface area contributed by atoms with E-state index in [2.05, 4.69) is 72.3 Å². The highest BCUT2D eigenvalue weighted by atomic mass is 16.5. The molecule has 0 spiro atoms. The third kappa shape index (κ3) is 2.69. The molecule has 1 aromatic heterocycles. The van der Waals surface area contributed by atoms with Gasteiger partial charge in [-0.3, -0.25) is 0 Å². The number of hydrogen-bond donors (Lipinski definition) is 0. The smallest absolute Gasteiger partial charge is 0.429 e. The summed E-state index contributed by atoms with van der Waals surface area (Å²) in [7, 11) is 0. The second kappa shape index (κ2) is 5.95. The van der Waals surface area contributed by atoms with Gasteiger partial charge in [-0.1, -0.05) is 65.3 Å². The van der Waals surface area contributed by atoms with E-state index in [1.54, 1.807) is 0 Å². The van der Waals surface area contributed by atoms with Gasteiger partial charge < -0.3 is 4.74 Å². The maximum absolute atomic E-state index is 6.22. The molecular weight excluding hydrogens is 334 g/mol. The topological polar surface area (TPSA) is 30.9 Å². The summed E-state index contributed by atoms with van der Waals surface area (Å²) in [5.41, 5.74) is 2.06. The SMILES string of the molecule is CC1(C)Oc2nn(-c3ccccc3)c[n+]2[C@@H]1Cc1cccc2ccccc12. The van der Waals surface area contributed by atoms with Crippen molar-refractivity contribution in [2.75, 3.05) is 0 Å². The van der Waals surface area contributed by atoms with Crippen molar-refractivity contribution in [2.24, 2.45) is 0 Å². The van der Waals surface area contributed by atoms with E-state index >= 15 is 0 Å². The average molecular weight is 356 g/mol. The van der Waals surface area contributed by atoms with Gasteiger partial charge >= 0.3 is 6.01 Å². The molecule has 3 aromatic carbocycles. The number of ether oxygens (including phenoxy) is 1. The van der Waals surface area contributed by atoms with Crippen LogP contribution >= 0.6 is 0 Å². The molecule has 0 saturated heterocycles. The highest BCUT2D eigenvalue weighted by molar-refractivity contribution is 5.85. The van der Waals surface area contributed by atoms with Gasteiger partial charge in [0.05, 0.1) is 5.10 Å². The molecular formula is C23H22N3O+. The fraction of sp³-hybridized carbons (Fsp3) is 0.217. The van der Waals surface area contributed by atoms with Crippen molar-refractivity contribution < 1.29 is 9.30 Å². The highest BCUT2D eigenvalue weighted by Gasteiger charge is 2.48. The maximum Gasteiger partial charge on any atom is 0.469 e. The summed E-state index contributed by atoms with van der Waals surface area (Å²) < 4.78 is 10.3. The minimum absolute atomic E-state index is 0.177. The molecule has 0 saturated carbocycles. The Labute approximate surface area is 158 Å². The van der Waals surface area contributed by atoms with Crippen LogP contribution in [-0.4, -0.2) is 15.4 Å². The van der Waals surface area contributed by atoms with E-state index in [1.165, 1.54) is 16.3 Å². The minimum atomic E-state index is -0.310. The lowest BCUT2D eigenvalue weighted by molar-refractivity contribution is -0.710. The van der Waals surface area contributed by atoms with Gasteiger partial charge in [-0.05, 0) is 42.3 Å². The predicted molar refractivity (Wildman–Crippen MR) is 105 cm³/mol. The lowest BCUT2D eigenvalue weighted by atomic mass is 9.90. The van der Waals surface area contributed by atoms with E-state index in [4.69, 9.17) is 4.74 Å². The molecule has 134 valence electrons. The molecule has 0 unspecified atom stereocenters. The van der Waals surface area contributed by atoms with Crippen molar-refractivity contribution in [3.8, 4) is 11.7 Å². The van der Waals surface area contributed by atoms with Gasteiger partial charge in [0.1, 0.15) is 17.3 Å². The Bertz CT molecular complexity index is 1110. The third-order valence-electron chi connectivity index (χ3n) is 5.45. The molecule has 0 aliphatic carbocycles. The fourth-order valence-electron chi connectivity index (χ4n) is 3.99.